The zero-order valence-corrected chi connectivity index (χ0v) is 30.7. The quantitative estimate of drug-likeness (QED) is 0.174. The van der Waals surface area contributed by atoms with Gasteiger partial charge in [-0.15, -0.1) is 0 Å². The average Bonchev–Trinajstić information content (AvgIpc) is 3.03. The first-order chi connectivity index (χ1) is 22.6. The molecule has 4 atom stereocenters. The van der Waals surface area contributed by atoms with E-state index < -0.39 is 66.0 Å². The van der Waals surface area contributed by atoms with Crippen LogP contribution in [0.15, 0.2) is 98.7 Å². The van der Waals surface area contributed by atoms with Crippen LogP contribution >= 0.6 is 0 Å². The normalized spacial score (nSPS) is 13.6. The van der Waals surface area contributed by atoms with E-state index in [2.05, 4.69) is 0 Å². The molecule has 4 unspecified atom stereocenters. The summed E-state index contributed by atoms with van der Waals surface area (Å²) in [6.45, 7) is 0. The van der Waals surface area contributed by atoms with Gasteiger partial charge >= 0.3 is 23.1 Å². The molecular formula is C32H22MgO12S4. The maximum atomic E-state index is 12.7. The molecule has 0 saturated heterocycles. The summed E-state index contributed by atoms with van der Waals surface area (Å²) in [4.78, 5) is 48.7. The molecule has 4 aromatic carbocycles. The first-order valence-corrected chi connectivity index (χ1v) is 19.7. The molecular weight excluding hydrogens is 729 g/mol. The Labute approximate surface area is 302 Å². The van der Waals surface area contributed by atoms with Gasteiger partial charge < -0.3 is 28.6 Å². The van der Waals surface area contributed by atoms with E-state index in [1.54, 1.807) is 0 Å². The Morgan fingerprint density at radius 3 is 1.16 bits per heavy atom. The zero-order valence-electron chi connectivity index (χ0n) is 26.0. The van der Waals surface area contributed by atoms with Crippen LogP contribution in [0.3, 0.4) is 0 Å². The van der Waals surface area contributed by atoms with Crippen LogP contribution in [0.25, 0.3) is 43.9 Å². The predicted octanol–water partition coefficient (Wildman–Crippen LogP) is 1.19. The summed E-state index contributed by atoms with van der Waals surface area (Å²) in [5.74, 6) is -2.81. The molecule has 0 amide bonds. The van der Waals surface area contributed by atoms with Gasteiger partial charge in [-0.25, -0.2) is 0 Å². The smallest absolute Gasteiger partial charge is 0.545 e. The SMILES string of the molecule is CS(=O)c1cc(S(C)=O)c2oc3ccc(C(=O)[O-])cc3c(=O)c2c1.CS(=O)c1cc(S(C)=O)c2oc3ccc(C(=O)[O-])cc3c(=O)c2c1.[Mg+2]. The molecule has 0 aliphatic carbocycles. The Bertz CT molecular complexity index is 2410. The fourth-order valence-electron chi connectivity index (χ4n) is 4.82. The fraction of sp³-hybridized carbons (Fsp3) is 0.125. The Kier molecular flexibility index (Phi) is 11.6. The van der Waals surface area contributed by atoms with E-state index in [-0.39, 0.29) is 87.8 Å². The van der Waals surface area contributed by atoms with E-state index in [0.717, 1.165) is 0 Å². The molecule has 0 fully saturated rings. The first-order valence-electron chi connectivity index (χ1n) is 13.4. The van der Waals surface area contributed by atoms with Crippen molar-refractivity contribution in [3.05, 3.63) is 92.2 Å². The van der Waals surface area contributed by atoms with Gasteiger partial charge in [0.2, 0.25) is 10.9 Å². The van der Waals surface area contributed by atoms with E-state index in [1.807, 2.05) is 0 Å². The molecule has 0 aliphatic heterocycles. The maximum absolute atomic E-state index is 12.7. The van der Waals surface area contributed by atoms with Crippen molar-refractivity contribution in [2.24, 2.45) is 0 Å². The van der Waals surface area contributed by atoms with Crippen LogP contribution in [-0.2, 0) is 43.2 Å². The Hall–Kier alpha value is -3.87. The number of hydrogen-bond donors (Lipinski definition) is 0. The van der Waals surface area contributed by atoms with Gasteiger partial charge in [0.1, 0.15) is 11.2 Å². The summed E-state index contributed by atoms with van der Waals surface area (Å²) in [6.07, 6.45) is 5.75. The van der Waals surface area contributed by atoms with Crippen LogP contribution in [0, 0.1) is 0 Å². The van der Waals surface area contributed by atoms with Crippen LogP contribution in [0.4, 0.5) is 0 Å². The van der Waals surface area contributed by atoms with E-state index in [4.69, 9.17) is 8.83 Å². The molecule has 0 N–H and O–H groups in total. The Morgan fingerprint density at radius 2 is 0.878 bits per heavy atom. The minimum absolute atomic E-state index is 0. The standard InChI is InChI=1S/2C16H12O6S2.Mg/c2*1-23(20)9-6-11-14(17)10-5-8(16(18)19)3-4-12(10)22-15(11)13(7-9)24(2)21;/h2*3-7H,1-2H3,(H,18,19);/q;;+2/p-2. The van der Waals surface area contributed by atoms with Gasteiger partial charge in [0, 0.05) is 56.4 Å². The molecule has 2 heterocycles. The van der Waals surface area contributed by atoms with Gasteiger partial charge in [-0.3, -0.25) is 26.4 Å². The second-order valence-corrected chi connectivity index (χ2v) is 15.7. The summed E-state index contributed by atoms with van der Waals surface area (Å²) in [6, 6.07) is 13.4. The number of carbonyl (C=O) groups excluding carboxylic acids is 2. The van der Waals surface area contributed by atoms with Crippen molar-refractivity contribution in [1.82, 2.24) is 0 Å². The summed E-state index contributed by atoms with van der Waals surface area (Å²) >= 11 is 0. The number of benzene rings is 4. The second-order valence-electron chi connectivity index (χ2n) is 10.3. The van der Waals surface area contributed by atoms with Gasteiger partial charge in [0.15, 0.2) is 11.2 Å². The maximum Gasteiger partial charge on any atom is 2.00 e. The van der Waals surface area contributed by atoms with Crippen molar-refractivity contribution in [3.63, 3.8) is 0 Å². The third kappa shape index (κ3) is 7.51. The van der Waals surface area contributed by atoms with Crippen LogP contribution in [0.1, 0.15) is 20.7 Å². The molecule has 248 valence electrons. The minimum atomic E-state index is -1.46. The third-order valence-corrected chi connectivity index (χ3v) is 10.8. The molecule has 0 spiro atoms. The van der Waals surface area contributed by atoms with Gasteiger partial charge in [-0.2, -0.15) is 0 Å². The van der Waals surface area contributed by atoms with Gasteiger partial charge in [0.05, 0.1) is 64.9 Å². The largest absolute Gasteiger partial charge is 2.00 e. The van der Waals surface area contributed by atoms with E-state index in [0.29, 0.717) is 9.79 Å². The monoisotopic (exact) mass is 750 g/mol. The summed E-state index contributed by atoms with van der Waals surface area (Å²) in [7, 11) is -5.70. The molecule has 12 nitrogen and oxygen atoms in total. The first kappa shape index (κ1) is 37.9. The molecule has 0 bridgehead atoms. The molecule has 49 heavy (non-hydrogen) atoms. The Morgan fingerprint density at radius 1 is 0.531 bits per heavy atom. The number of carbonyl (C=O) groups is 2. The molecule has 17 heteroatoms. The van der Waals surface area contributed by atoms with Gasteiger partial charge in [-0.05, 0) is 71.8 Å². The zero-order chi connectivity index (χ0) is 35.2. The summed E-state index contributed by atoms with van der Waals surface area (Å²) in [5.41, 5.74) is -0.620. The van der Waals surface area contributed by atoms with Crippen molar-refractivity contribution in [2.75, 3.05) is 25.0 Å². The summed E-state index contributed by atoms with van der Waals surface area (Å²) in [5, 5.41) is 22.3. The van der Waals surface area contributed by atoms with Crippen molar-refractivity contribution >= 4 is 122 Å². The van der Waals surface area contributed by atoms with E-state index in [1.165, 1.54) is 85.7 Å². The third-order valence-electron chi connectivity index (χ3n) is 7.17. The molecule has 6 rings (SSSR count). The van der Waals surface area contributed by atoms with Crippen LogP contribution in [-0.4, -0.2) is 76.9 Å². The van der Waals surface area contributed by atoms with Crippen molar-refractivity contribution in [3.8, 4) is 0 Å². The van der Waals surface area contributed by atoms with Crippen LogP contribution in [0.5, 0.6) is 0 Å². The van der Waals surface area contributed by atoms with Crippen LogP contribution in [0.2, 0.25) is 0 Å². The predicted molar refractivity (Wildman–Crippen MR) is 184 cm³/mol. The van der Waals surface area contributed by atoms with Crippen molar-refractivity contribution in [1.29, 1.82) is 0 Å². The van der Waals surface area contributed by atoms with Crippen LogP contribution < -0.4 is 21.1 Å². The van der Waals surface area contributed by atoms with Crippen molar-refractivity contribution < 1.29 is 45.5 Å². The molecule has 6 aromatic rings. The minimum Gasteiger partial charge on any atom is -0.545 e. The number of carboxylic acids is 2. The molecule has 0 saturated carbocycles. The van der Waals surface area contributed by atoms with Gasteiger partial charge in [0.25, 0.3) is 0 Å². The topological polar surface area (TPSA) is 209 Å². The fourth-order valence-corrected chi connectivity index (χ4v) is 7.51. The number of carboxylic acid groups (broad SMARTS) is 2. The molecule has 0 radical (unpaired) electrons. The molecule has 2 aromatic heterocycles. The summed E-state index contributed by atoms with van der Waals surface area (Å²) < 4.78 is 58.9. The average molecular weight is 751 g/mol. The number of hydrogen-bond acceptors (Lipinski definition) is 12. The van der Waals surface area contributed by atoms with Crippen molar-refractivity contribution in [2.45, 2.75) is 19.6 Å². The van der Waals surface area contributed by atoms with E-state index in [9.17, 15) is 46.2 Å². The molecule has 0 aliphatic rings. The van der Waals surface area contributed by atoms with E-state index >= 15 is 0 Å². The number of aromatic carboxylic acids is 2. The number of rotatable bonds is 6. The van der Waals surface area contributed by atoms with Gasteiger partial charge in [-0.1, -0.05) is 0 Å². The number of fused-ring (bicyclic) bond motifs is 4. The second kappa shape index (κ2) is 14.9. The Balaban J connectivity index is 0.000000216.